The number of anilines is 1. The number of nitro groups is 1. The normalized spacial score (nSPS) is 15.9. The zero-order valence-electron chi connectivity index (χ0n) is 11.5. The lowest BCUT2D eigenvalue weighted by molar-refractivity contribution is -0.384. The summed E-state index contributed by atoms with van der Waals surface area (Å²) in [6.07, 6.45) is 3.53. The Bertz CT molecular complexity index is 496. The molecule has 20 heavy (non-hydrogen) atoms. The molecule has 2 rings (SSSR count). The van der Waals surface area contributed by atoms with Crippen LogP contribution in [0.5, 0.6) is 0 Å². The van der Waals surface area contributed by atoms with E-state index in [9.17, 15) is 10.1 Å². The van der Waals surface area contributed by atoms with E-state index in [1.165, 1.54) is 6.33 Å². The van der Waals surface area contributed by atoms with E-state index in [-0.39, 0.29) is 22.7 Å². The highest BCUT2D eigenvalue weighted by Crippen LogP contribution is 2.39. The van der Waals surface area contributed by atoms with E-state index in [4.69, 9.17) is 16.3 Å². The average Bonchev–Trinajstić information content (AvgIpc) is 3.22. The molecule has 0 N–H and O–H groups in total. The maximum absolute atomic E-state index is 11.2. The quantitative estimate of drug-likeness (QED) is 0.436. The Labute approximate surface area is 122 Å². The first kappa shape index (κ1) is 14.9. The van der Waals surface area contributed by atoms with Gasteiger partial charge >= 0.3 is 5.69 Å². The Morgan fingerprint density at radius 3 is 2.85 bits per heavy atom. The van der Waals surface area contributed by atoms with E-state index < -0.39 is 4.92 Å². The standard InChI is InChI=1S/C12H17ClN4O3/c1-8(9-3-4-9)16(5-6-20-2)12-10(17(18)19)11(13)14-7-15-12/h7-9H,3-6H2,1-2H3. The maximum atomic E-state index is 11.2. The number of hydrogen-bond acceptors (Lipinski definition) is 6. The summed E-state index contributed by atoms with van der Waals surface area (Å²) in [5.74, 6) is 0.812. The average molecular weight is 301 g/mol. The summed E-state index contributed by atoms with van der Waals surface area (Å²) >= 11 is 5.85. The first-order valence-electron chi connectivity index (χ1n) is 6.46. The lowest BCUT2D eigenvalue weighted by Gasteiger charge is -2.29. The van der Waals surface area contributed by atoms with E-state index in [2.05, 4.69) is 9.97 Å². The van der Waals surface area contributed by atoms with Gasteiger partial charge in [0.1, 0.15) is 6.33 Å². The van der Waals surface area contributed by atoms with Crippen LogP contribution in [0.25, 0.3) is 0 Å². The number of aromatic nitrogens is 2. The van der Waals surface area contributed by atoms with Crippen molar-refractivity contribution in [1.82, 2.24) is 9.97 Å². The van der Waals surface area contributed by atoms with Gasteiger partial charge in [0.25, 0.3) is 0 Å². The van der Waals surface area contributed by atoms with Crippen LogP contribution in [0.2, 0.25) is 5.15 Å². The van der Waals surface area contributed by atoms with Gasteiger partial charge in [-0.3, -0.25) is 10.1 Å². The molecule has 1 aliphatic carbocycles. The van der Waals surface area contributed by atoms with Crippen molar-refractivity contribution in [3.63, 3.8) is 0 Å². The fourth-order valence-corrected chi connectivity index (χ4v) is 2.44. The predicted octanol–water partition coefficient (Wildman–Crippen LogP) is 2.29. The smallest absolute Gasteiger partial charge is 0.348 e. The molecule has 1 saturated carbocycles. The Balaban J connectivity index is 2.36. The minimum Gasteiger partial charge on any atom is -0.383 e. The fourth-order valence-electron chi connectivity index (χ4n) is 2.24. The van der Waals surface area contributed by atoms with Crippen molar-refractivity contribution in [3.8, 4) is 0 Å². The zero-order chi connectivity index (χ0) is 14.7. The lowest BCUT2D eigenvalue weighted by Crippen LogP contribution is -2.38. The molecule has 1 heterocycles. The van der Waals surface area contributed by atoms with Crippen molar-refractivity contribution in [2.24, 2.45) is 5.92 Å². The van der Waals surface area contributed by atoms with Crippen molar-refractivity contribution in [2.75, 3.05) is 25.2 Å². The third kappa shape index (κ3) is 3.16. The molecule has 1 unspecified atom stereocenters. The van der Waals surface area contributed by atoms with Crippen LogP contribution in [-0.4, -0.2) is 41.2 Å². The molecule has 0 radical (unpaired) electrons. The highest BCUT2D eigenvalue weighted by atomic mass is 35.5. The Morgan fingerprint density at radius 1 is 1.60 bits per heavy atom. The summed E-state index contributed by atoms with van der Waals surface area (Å²) in [5.41, 5.74) is -0.238. The molecule has 1 fully saturated rings. The molecule has 1 atom stereocenters. The van der Waals surface area contributed by atoms with Crippen molar-refractivity contribution in [1.29, 1.82) is 0 Å². The van der Waals surface area contributed by atoms with Gasteiger partial charge in [-0.05, 0) is 25.7 Å². The lowest BCUT2D eigenvalue weighted by atomic mass is 10.1. The van der Waals surface area contributed by atoms with Gasteiger partial charge in [0.2, 0.25) is 11.0 Å². The van der Waals surface area contributed by atoms with Gasteiger partial charge in [-0.2, -0.15) is 0 Å². The molecule has 0 saturated heterocycles. The van der Waals surface area contributed by atoms with Crippen molar-refractivity contribution < 1.29 is 9.66 Å². The Kier molecular flexibility index (Phi) is 4.72. The van der Waals surface area contributed by atoms with Crippen molar-refractivity contribution in [3.05, 3.63) is 21.6 Å². The topological polar surface area (TPSA) is 81.4 Å². The monoisotopic (exact) mass is 300 g/mol. The van der Waals surface area contributed by atoms with Crippen LogP contribution in [0.3, 0.4) is 0 Å². The van der Waals surface area contributed by atoms with E-state index in [0.717, 1.165) is 12.8 Å². The third-order valence-electron chi connectivity index (χ3n) is 3.55. The molecule has 110 valence electrons. The summed E-state index contributed by atoms with van der Waals surface area (Å²) in [5, 5.41) is 11.1. The number of halogens is 1. The van der Waals surface area contributed by atoms with Gasteiger partial charge in [-0.1, -0.05) is 11.6 Å². The van der Waals surface area contributed by atoms with Gasteiger partial charge < -0.3 is 9.64 Å². The predicted molar refractivity (Wildman–Crippen MR) is 75.1 cm³/mol. The maximum Gasteiger partial charge on any atom is 0.348 e. The minimum atomic E-state index is -0.531. The molecule has 0 bridgehead atoms. The number of methoxy groups -OCH3 is 1. The second-order valence-corrected chi connectivity index (χ2v) is 5.22. The second-order valence-electron chi connectivity index (χ2n) is 4.86. The summed E-state index contributed by atoms with van der Waals surface area (Å²) in [4.78, 5) is 20.4. The van der Waals surface area contributed by atoms with Crippen LogP contribution >= 0.6 is 11.6 Å². The van der Waals surface area contributed by atoms with Crippen molar-refractivity contribution in [2.45, 2.75) is 25.8 Å². The first-order chi connectivity index (χ1) is 9.56. The molecule has 1 aromatic heterocycles. The number of rotatable bonds is 7. The second kappa shape index (κ2) is 6.32. The van der Waals surface area contributed by atoms with Crippen LogP contribution in [0, 0.1) is 16.0 Å². The Hall–Kier alpha value is -1.47. The SMILES string of the molecule is COCCN(c1ncnc(Cl)c1[N+](=O)[O-])C(C)C1CC1. The van der Waals surface area contributed by atoms with E-state index in [0.29, 0.717) is 19.1 Å². The molecular weight excluding hydrogens is 284 g/mol. The zero-order valence-corrected chi connectivity index (χ0v) is 12.2. The van der Waals surface area contributed by atoms with Gasteiger partial charge in [0.05, 0.1) is 11.5 Å². The number of ether oxygens (including phenoxy) is 1. The highest BCUT2D eigenvalue weighted by Gasteiger charge is 2.36. The van der Waals surface area contributed by atoms with Crippen LogP contribution < -0.4 is 4.90 Å². The third-order valence-corrected chi connectivity index (χ3v) is 3.82. The van der Waals surface area contributed by atoms with Crippen LogP contribution in [0.1, 0.15) is 19.8 Å². The van der Waals surface area contributed by atoms with Gasteiger partial charge in [-0.15, -0.1) is 0 Å². The highest BCUT2D eigenvalue weighted by molar-refractivity contribution is 6.31. The summed E-state index contributed by atoms with van der Waals surface area (Å²) in [6.45, 7) is 3.05. The molecule has 7 nitrogen and oxygen atoms in total. The summed E-state index contributed by atoms with van der Waals surface area (Å²) in [7, 11) is 1.60. The van der Waals surface area contributed by atoms with E-state index in [1.807, 2.05) is 11.8 Å². The molecule has 0 spiro atoms. The molecular formula is C12H17ClN4O3. The summed E-state index contributed by atoms with van der Waals surface area (Å²) < 4.78 is 5.09. The van der Waals surface area contributed by atoms with Crippen LogP contribution in [-0.2, 0) is 4.74 Å². The number of hydrogen-bond donors (Lipinski definition) is 0. The summed E-state index contributed by atoms with van der Waals surface area (Å²) in [6, 6.07) is 0.162. The number of nitrogens with zero attached hydrogens (tertiary/aromatic N) is 4. The fraction of sp³-hybridized carbons (Fsp3) is 0.667. The molecule has 0 amide bonds. The molecule has 1 aliphatic rings. The van der Waals surface area contributed by atoms with Crippen molar-refractivity contribution >= 4 is 23.1 Å². The first-order valence-corrected chi connectivity index (χ1v) is 6.84. The van der Waals surface area contributed by atoms with E-state index >= 15 is 0 Å². The van der Waals surface area contributed by atoms with Crippen LogP contribution in [0.4, 0.5) is 11.5 Å². The molecule has 0 aliphatic heterocycles. The van der Waals surface area contributed by atoms with E-state index in [1.54, 1.807) is 7.11 Å². The molecule has 0 aromatic carbocycles. The van der Waals surface area contributed by atoms with Gasteiger partial charge in [0, 0.05) is 19.7 Å². The largest absolute Gasteiger partial charge is 0.383 e. The minimum absolute atomic E-state index is 0.134. The van der Waals surface area contributed by atoms with Gasteiger partial charge in [-0.25, -0.2) is 9.97 Å². The molecule has 8 heteroatoms. The van der Waals surface area contributed by atoms with Gasteiger partial charge in [0.15, 0.2) is 0 Å². The van der Waals surface area contributed by atoms with Crippen LogP contribution in [0.15, 0.2) is 6.33 Å². The Morgan fingerprint density at radius 2 is 2.30 bits per heavy atom. The molecule has 1 aromatic rings.